The number of fused-ring (bicyclic) bond motifs is 3. The van der Waals surface area contributed by atoms with Gasteiger partial charge in [-0.05, 0) is 24.6 Å². The molecule has 1 aliphatic heterocycles. The summed E-state index contributed by atoms with van der Waals surface area (Å²) in [5.74, 6) is 0.772. The van der Waals surface area contributed by atoms with Crippen LogP contribution in [0.25, 0.3) is 11.3 Å². The first-order valence-corrected chi connectivity index (χ1v) is 12.2. The number of para-hydroxylation sites is 2. The zero-order valence-corrected chi connectivity index (χ0v) is 20.8. The Morgan fingerprint density at radius 2 is 1.91 bits per heavy atom. The highest BCUT2D eigenvalue weighted by molar-refractivity contribution is 7.99. The number of rotatable bonds is 7. The second-order valence-corrected chi connectivity index (χ2v) is 8.86. The van der Waals surface area contributed by atoms with Gasteiger partial charge in [-0.25, -0.2) is 0 Å². The third-order valence-corrected chi connectivity index (χ3v) is 6.25. The predicted octanol–water partition coefficient (Wildman–Crippen LogP) is 4.81. The van der Waals surface area contributed by atoms with Gasteiger partial charge in [0.2, 0.25) is 23.2 Å². The van der Waals surface area contributed by atoms with Gasteiger partial charge in [-0.2, -0.15) is 4.98 Å². The van der Waals surface area contributed by atoms with Crippen molar-refractivity contribution in [2.45, 2.75) is 45.0 Å². The minimum Gasteiger partial charge on any atom is -0.493 e. The third kappa shape index (κ3) is 5.07. The van der Waals surface area contributed by atoms with Crippen molar-refractivity contribution in [1.82, 2.24) is 15.2 Å². The van der Waals surface area contributed by atoms with Crippen LogP contribution in [0.4, 0.5) is 5.69 Å². The number of methoxy groups -OCH3 is 1. The first-order valence-electron chi connectivity index (χ1n) is 11.2. The fraction of sp³-hybridized carbons (Fsp3) is 0.320. The number of ether oxygens (including phenoxy) is 3. The summed E-state index contributed by atoms with van der Waals surface area (Å²) in [6, 6.07) is 12.5. The van der Waals surface area contributed by atoms with Gasteiger partial charge in [0.15, 0.2) is 17.2 Å². The highest BCUT2D eigenvalue weighted by Gasteiger charge is 2.37. The number of thioether (sulfide) groups is 1. The number of unbranched alkanes of at least 4 members (excludes halogenated alkanes) is 1. The summed E-state index contributed by atoms with van der Waals surface area (Å²) in [6.45, 7) is 4.86. The minimum atomic E-state index is -1.01. The molecule has 1 aromatic heterocycles. The number of amides is 1. The monoisotopic (exact) mass is 494 g/mol. The van der Waals surface area contributed by atoms with E-state index in [1.807, 2.05) is 18.2 Å². The summed E-state index contributed by atoms with van der Waals surface area (Å²) in [5.41, 5.74) is 2.08. The number of anilines is 1. The topological polar surface area (TPSA) is 104 Å². The van der Waals surface area contributed by atoms with Crippen LogP contribution in [-0.4, -0.2) is 39.9 Å². The lowest BCUT2D eigenvalue weighted by molar-refractivity contribution is -0.132. The van der Waals surface area contributed by atoms with Crippen LogP contribution >= 0.6 is 11.8 Å². The van der Waals surface area contributed by atoms with E-state index in [4.69, 9.17) is 14.2 Å². The molecule has 1 aliphatic rings. The van der Waals surface area contributed by atoms with Crippen molar-refractivity contribution in [2.75, 3.05) is 17.8 Å². The van der Waals surface area contributed by atoms with Crippen molar-refractivity contribution in [1.29, 1.82) is 0 Å². The van der Waals surface area contributed by atoms with E-state index in [0.29, 0.717) is 33.4 Å². The molecule has 0 unspecified atom stereocenters. The van der Waals surface area contributed by atoms with E-state index in [0.717, 1.165) is 18.6 Å². The van der Waals surface area contributed by atoms with Crippen LogP contribution in [0, 0.1) is 0 Å². The maximum atomic E-state index is 13.0. The zero-order valence-electron chi connectivity index (χ0n) is 20.0. The molecule has 2 heterocycles. The lowest BCUT2D eigenvalue weighted by Gasteiger charge is -2.31. The Hall–Kier alpha value is -3.66. The Morgan fingerprint density at radius 3 is 2.63 bits per heavy atom. The smallest absolute Gasteiger partial charge is 0.308 e. The Kier molecular flexibility index (Phi) is 7.50. The van der Waals surface area contributed by atoms with Crippen LogP contribution in [-0.2, 0) is 9.59 Å². The lowest BCUT2D eigenvalue weighted by atomic mass is 10.1. The molecule has 9 nitrogen and oxygen atoms in total. The van der Waals surface area contributed by atoms with Gasteiger partial charge in [0.05, 0.1) is 18.4 Å². The maximum absolute atomic E-state index is 13.0. The molecule has 4 rings (SSSR count). The molecule has 0 saturated heterocycles. The number of hydrogen-bond acceptors (Lipinski definition) is 9. The molecule has 0 bridgehead atoms. The largest absolute Gasteiger partial charge is 0.493 e. The first-order chi connectivity index (χ1) is 16.9. The van der Waals surface area contributed by atoms with E-state index in [2.05, 4.69) is 22.1 Å². The summed E-state index contributed by atoms with van der Waals surface area (Å²) >= 11 is 1.49. The van der Waals surface area contributed by atoms with E-state index < -0.39 is 12.2 Å². The van der Waals surface area contributed by atoms with E-state index in [1.165, 1.54) is 37.6 Å². The average Bonchev–Trinajstić information content (AvgIpc) is 2.98. The number of esters is 1. The van der Waals surface area contributed by atoms with Crippen molar-refractivity contribution in [3.63, 3.8) is 0 Å². The third-order valence-electron chi connectivity index (χ3n) is 5.32. The number of carbonyl (C=O) groups excluding carboxylic acids is 2. The fourth-order valence-electron chi connectivity index (χ4n) is 3.76. The Labute approximate surface area is 207 Å². The van der Waals surface area contributed by atoms with E-state index in [1.54, 1.807) is 24.3 Å². The quantitative estimate of drug-likeness (QED) is 0.198. The molecule has 3 aromatic rings. The summed E-state index contributed by atoms with van der Waals surface area (Å²) in [6.07, 6.45) is 1.06. The minimum absolute atomic E-state index is 0.166. The molecule has 10 heteroatoms. The second kappa shape index (κ2) is 10.7. The molecule has 0 fully saturated rings. The molecule has 2 aromatic carbocycles. The SMILES string of the molecule is CCCCSc1nnc2c(n1)O[C@@H](c1cccc(OC)c1OC(C)=O)N(C(C)=O)c1ccccc1-2. The molecule has 0 N–H and O–H groups in total. The normalized spacial score (nSPS) is 14.3. The van der Waals surface area contributed by atoms with Crippen LogP contribution in [0.1, 0.15) is 45.4 Å². The Morgan fingerprint density at radius 1 is 1.11 bits per heavy atom. The van der Waals surface area contributed by atoms with E-state index in [9.17, 15) is 9.59 Å². The van der Waals surface area contributed by atoms with Gasteiger partial charge in [0.25, 0.3) is 0 Å². The van der Waals surface area contributed by atoms with Gasteiger partial charge in [-0.3, -0.25) is 14.5 Å². The number of aromatic nitrogens is 3. The van der Waals surface area contributed by atoms with Crippen molar-refractivity contribution in [3.8, 4) is 28.6 Å². The molecule has 0 aliphatic carbocycles. The number of hydrogen-bond donors (Lipinski definition) is 0. The van der Waals surface area contributed by atoms with Gasteiger partial charge in [-0.1, -0.05) is 49.4 Å². The van der Waals surface area contributed by atoms with Crippen molar-refractivity contribution < 1.29 is 23.8 Å². The summed E-state index contributed by atoms with van der Waals surface area (Å²) in [7, 11) is 1.48. The second-order valence-electron chi connectivity index (χ2n) is 7.80. The van der Waals surface area contributed by atoms with Gasteiger partial charge >= 0.3 is 5.97 Å². The van der Waals surface area contributed by atoms with Crippen LogP contribution in [0.3, 0.4) is 0 Å². The molecule has 182 valence electrons. The lowest BCUT2D eigenvalue weighted by Crippen LogP contribution is -2.36. The summed E-state index contributed by atoms with van der Waals surface area (Å²) < 4.78 is 17.4. The highest BCUT2D eigenvalue weighted by atomic mass is 32.2. The van der Waals surface area contributed by atoms with E-state index >= 15 is 0 Å². The van der Waals surface area contributed by atoms with Gasteiger partial charge in [-0.15, -0.1) is 10.2 Å². The number of nitrogens with zero attached hydrogens (tertiary/aromatic N) is 4. The van der Waals surface area contributed by atoms with Crippen LogP contribution in [0.5, 0.6) is 17.4 Å². The van der Waals surface area contributed by atoms with Crippen LogP contribution in [0.15, 0.2) is 47.6 Å². The maximum Gasteiger partial charge on any atom is 0.308 e. The average molecular weight is 495 g/mol. The predicted molar refractivity (Wildman–Crippen MR) is 132 cm³/mol. The molecule has 1 atom stereocenters. The van der Waals surface area contributed by atoms with Crippen LogP contribution < -0.4 is 19.1 Å². The summed E-state index contributed by atoms with van der Waals surface area (Å²) in [5, 5.41) is 9.19. The molecular weight excluding hydrogens is 468 g/mol. The van der Waals surface area contributed by atoms with Crippen LogP contribution in [0.2, 0.25) is 0 Å². The molecule has 0 radical (unpaired) electrons. The van der Waals surface area contributed by atoms with Gasteiger partial charge < -0.3 is 14.2 Å². The molecule has 35 heavy (non-hydrogen) atoms. The first kappa shape index (κ1) is 24.5. The molecular formula is C25H26N4O5S. The van der Waals surface area contributed by atoms with Gasteiger partial charge in [0, 0.05) is 25.2 Å². The van der Waals surface area contributed by atoms with Crippen molar-refractivity contribution in [3.05, 3.63) is 48.0 Å². The Balaban J connectivity index is 1.92. The Bertz CT molecular complexity index is 1250. The van der Waals surface area contributed by atoms with E-state index in [-0.39, 0.29) is 17.5 Å². The zero-order chi connectivity index (χ0) is 24.9. The standard InChI is InChI=1S/C25H26N4O5S/c1-5-6-14-35-25-26-23-21(27-28-25)17-10-7-8-12-19(17)29(15(2)30)24(34-23)18-11-9-13-20(32-4)22(18)33-16(3)31/h7-13,24H,5-6,14H2,1-4H3/t24-/m0/s1. The summed E-state index contributed by atoms with van der Waals surface area (Å²) in [4.78, 5) is 31.1. The molecule has 1 amide bonds. The molecule has 0 spiro atoms. The highest BCUT2D eigenvalue weighted by Crippen LogP contribution is 2.46. The molecule has 0 saturated carbocycles. The fourth-order valence-corrected chi connectivity index (χ4v) is 4.63. The number of benzene rings is 2. The van der Waals surface area contributed by atoms with Gasteiger partial charge in [0.1, 0.15) is 0 Å². The number of carbonyl (C=O) groups is 2. The van der Waals surface area contributed by atoms with Crippen molar-refractivity contribution in [2.24, 2.45) is 0 Å². The van der Waals surface area contributed by atoms with Crippen molar-refractivity contribution >= 4 is 29.3 Å².